The Labute approximate surface area is 108 Å². The van der Waals surface area contributed by atoms with Crippen LogP contribution in [0.3, 0.4) is 0 Å². The van der Waals surface area contributed by atoms with Crippen LogP contribution < -0.4 is 0 Å². The molecule has 0 aromatic heterocycles. The summed E-state index contributed by atoms with van der Waals surface area (Å²) in [5.41, 5.74) is 2.56. The predicted octanol–water partition coefficient (Wildman–Crippen LogP) is 3.30. The molecule has 0 aliphatic carbocycles. The summed E-state index contributed by atoms with van der Waals surface area (Å²) in [6.07, 6.45) is 0.523. The quantitative estimate of drug-likeness (QED) is 0.642. The van der Waals surface area contributed by atoms with Crippen molar-refractivity contribution in [1.29, 1.82) is 0 Å². The van der Waals surface area contributed by atoms with Gasteiger partial charge in [-0.2, -0.15) is 0 Å². The van der Waals surface area contributed by atoms with E-state index in [1.165, 1.54) is 0 Å². The fourth-order valence-electron chi connectivity index (χ4n) is 2.22. The number of benzene rings is 1. The summed E-state index contributed by atoms with van der Waals surface area (Å²) < 4.78 is 0. The number of carbonyl (C=O) groups is 2. The highest BCUT2D eigenvalue weighted by Crippen LogP contribution is 2.32. The number of carboxylic acids is 1. The van der Waals surface area contributed by atoms with Gasteiger partial charge in [0.25, 0.3) is 0 Å². The summed E-state index contributed by atoms with van der Waals surface area (Å²) in [5.74, 6) is -1.76. The minimum absolute atomic E-state index is 0.195. The Kier molecular flexibility index (Phi) is 4.65. The highest BCUT2D eigenvalue weighted by atomic mass is 16.4. The van der Waals surface area contributed by atoms with E-state index in [0.717, 1.165) is 11.1 Å². The van der Waals surface area contributed by atoms with Crippen LogP contribution in [0.2, 0.25) is 0 Å². The van der Waals surface area contributed by atoms with Crippen LogP contribution in [0.5, 0.6) is 0 Å². The molecule has 0 radical (unpaired) electrons. The van der Waals surface area contributed by atoms with Crippen LogP contribution in [0.15, 0.2) is 18.2 Å². The van der Waals surface area contributed by atoms with Gasteiger partial charge in [-0.15, -0.1) is 0 Å². The number of carboxylic acid groups (broad SMARTS) is 1. The molecule has 3 heteroatoms. The molecule has 1 N–H and O–H groups in total. The van der Waals surface area contributed by atoms with Crippen LogP contribution in [0.4, 0.5) is 0 Å². The van der Waals surface area contributed by atoms with Crippen LogP contribution in [0.1, 0.15) is 62.1 Å². The highest BCUT2D eigenvalue weighted by molar-refractivity contribution is 5.94. The third-order valence-corrected chi connectivity index (χ3v) is 3.13. The maximum absolute atomic E-state index is 11.2. The zero-order chi connectivity index (χ0) is 13.9. The topological polar surface area (TPSA) is 54.4 Å². The minimum Gasteiger partial charge on any atom is -0.480 e. The lowest BCUT2D eigenvalue weighted by atomic mass is 9.82. The first-order chi connectivity index (χ1) is 8.40. The van der Waals surface area contributed by atoms with Gasteiger partial charge in [-0.05, 0) is 28.5 Å². The SMILES string of the molecule is CC(C)c1cccc(C(C)C)c1C(C=O)C(=O)O. The van der Waals surface area contributed by atoms with Gasteiger partial charge >= 0.3 is 5.97 Å². The molecular formula is C15H20O3. The van der Waals surface area contributed by atoms with Crippen LogP contribution in [-0.4, -0.2) is 17.4 Å². The molecule has 0 saturated carbocycles. The molecule has 3 nitrogen and oxygen atoms in total. The van der Waals surface area contributed by atoms with Gasteiger partial charge in [-0.25, -0.2) is 0 Å². The van der Waals surface area contributed by atoms with Crippen molar-refractivity contribution in [2.24, 2.45) is 0 Å². The summed E-state index contributed by atoms with van der Waals surface area (Å²) in [7, 11) is 0. The molecule has 1 aromatic rings. The number of carbonyl (C=O) groups excluding carboxylic acids is 1. The molecule has 0 amide bonds. The van der Waals surface area contributed by atoms with Gasteiger partial charge in [0.15, 0.2) is 0 Å². The molecule has 0 spiro atoms. The number of aldehydes is 1. The first kappa shape index (κ1) is 14.4. The van der Waals surface area contributed by atoms with Crippen LogP contribution in [0.25, 0.3) is 0 Å². The van der Waals surface area contributed by atoms with Gasteiger partial charge in [0.05, 0.1) is 0 Å². The molecule has 1 unspecified atom stereocenters. The Morgan fingerprint density at radius 3 is 1.83 bits per heavy atom. The van der Waals surface area contributed by atoms with Gasteiger partial charge < -0.3 is 9.90 Å². The van der Waals surface area contributed by atoms with E-state index in [-0.39, 0.29) is 11.8 Å². The lowest BCUT2D eigenvalue weighted by molar-refractivity contribution is -0.140. The van der Waals surface area contributed by atoms with Gasteiger partial charge in [0.2, 0.25) is 0 Å². The Hall–Kier alpha value is -1.64. The maximum atomic E-state index is 11.2. The van der Waals surface area contributed by atoms with Crippen molar-refractivity contribution in [2.45, 2.75) is 45.4 Å². The van der Waals surface area contributed by atoms with E-state index in [1.54, 1.807) is 0 Å². The molecule has 0 fully saturated rings. The van der Waals surface area contributed by atoms with Crippen LogP contribution in [-0.2, 0) is 9.59 Å². The Morgan fingerprint density at radius 2 is 1.56 bits per heavy atom. The van der Waals surface area contributed by atoms with E-state index in [0.29, 0.717) is 11.8 Å². The number of hydrogen-bond acceptors (Lipinski definition) is 2. The average Bonchev–Trinajstić information content (AvgIpc) is 2.28. The van der Waals surface area contributed by atoms with Gasteiger partial charge in [0, 0.05) is 0 Å². The normalized spacial score (nSPS) is 12.8. The second-order valence-electron chi connectivity index (χ2n) is 5.11. The van der Waals surface area contributed by atoms with E-state index in [2.05, 4.69) is 0 Å². The molecular weight excluding hydrogens is 228 g/mol. The lowest BCUT2D eigenvalue weighted by Crippen LogP contribution is -2.18. The second-order valence-corrected chi connectivity index (χ2v) is 5.11. The molecule has 18 heavy (non-hydrogen) atoms. The molecule has 98 valence electrons. The summed E-state index contributed by atoms with van der Waals surface area (Å²) in [6.45, 7) is 8.03. The van der Waals surface area contributed by atoms with E-state index < -0.39 is 11.9 Å². The zero-order valence-corrected chi connectivity index (χ0v) is 11.3. The van der Waals surface area contributed by atoms with Crippen molar-refractivity contribution < 1.29 is 14.7 Å². The minimum atomic E-state index is -1.08. The molecule has 0 saturated heterocycles. The first-order valence-corrected chi connectivity index (χ1v) is 6.20. The maximum Gasteiger partial charge on any atom is 0.318 e. The van der Waals surface area contributed by atoms with Crippen LogP contribution in [0, 0.1) is 0 Å². The molecule has 0 aliphatic heterocycles. The number of aliphatic carboxylic acids is 1. The fraction of sp³-hybridized carbons (Fsp3) is 0.467. The number of rotatable bonds is 5. The predicted molar refractivity (Wildman–Crippen MR) is 71.1 cm³/mol. The third-order valence-electron chi connectivity index (χ3n) is 3.13. The van der Waals surface area contributed by atoms with Crippen molar-refractivity contribution in [3.63, 3.8) is 0 Å². The van der Waals surface area contributed by atoms with E-state index in [1.807, 2.05) is 45.9 Å². The Bertz CT molecular complexity index is 421. The van der Waals surface area contributed by atoms with E-state index >= 15 is 0 Å². The third kappa shape index (κ3) is 2.78. The highest BCUT2D eigenvalue weighted by Gasteiger charge is 2.26. The van der Waals surface area contributed by atoms with Crippen molar-refractivity contribution in [2.75, 3.05) is 0 Å². The van der Waals surface area contributed by atoms with Gasteiger partial charge in [-0.1, -0.05) is 45.9 Å². The molecule has 1 aromatic carbocycles. The first-order valence-electron chi connectivity index (χ1n) is 6.20. The Morgan fingerprint density at radius 1 is 1.11 bits per heavy atom. The second kappa shape index (κ2) is 5.80. The molecule has 1 atom stereocenters. The van der Waals surface area contributed by atoms with E-state index in [9.17, 15) is 14.7 Å². The standard InChI is InChI=1S/C15H20O3/c1-9(2)11-6-5-7-12(10(3)4)14(11)13(8-16)15(17)18/h5-10,13H,1-4H3,(H,17,18). The fourth-order valence-corrected chi connectivity index (χ4v) is 2.22. The molecule has 0 aliphatic rings. The monoisotopic (exact) mass is 248 g/mol. The smallest absolute Gasteiger partial charge is 0.318 e. The van der Waals surface area contributed by atoms with Gasteiger partial charge in [0.1, 0.15) is 12.2 Å². The lowest BCUT2D eigenvalue weighted by Gasteiger charge is -2.21. The summed E-state index contributed by atoms with van der Waals surface area (Å²) in [6, 6.07) is 5.74. The Balaban J connectivity index is 3.53. The molecule has 1 rings (SSSR count). The van der Waals surface area contributed by atoms with Crippen molar-refractivity contribution in [3.05, 3.63) is 34.9 Å². The zero-order valence-electron chi connectivity index (χ0n) is 11.3. The molecule has 0 heterocycles. The summed E-state index contributed by atoms with van der Waals surface area (Å²) in [4.78, 5) is 22.4. The van der Waals surface area contributed by atoms with E-state index in [4.69, 9.17) is 0 Å². The number of hydrogen-bond donors (Lipinski definition) is 1. The molecule has 0 bridgehead atoms. The van der Waals surface area contributed by atoms with Gasteiger partial charge in [-0.3, -0.25) is 4.79 Å². The van der Waals surface area contributed by atoms with Crippen molar-refractivity contribution in [3.8, 4) is 0 Å². The van der Waals surface area contributed by atoms with Crippen LogP contribution >= 0.6 is 0 Å². The average molecular weight is 248 g/mol. The van der Waals surface area contributed by atoms with Crippen molar-refractivity contribution >= 4 is 12.3 Å². The summed E-state index contributed by atoms with van der Waals surface area (Å²) >= 11 is 0. The van der Waals surface area contributed by atoms with Crippen molar-refractivity contribution in [1.82, 2.24) is 0 Å². The largest absolute Gasteiger partial charge is 0.480 e. The summed E-state index contributed by atoms with van der Waals surface area (Å²) in [5, 5.41) is 9.21.